The Morgan fingerprint density at radius 1 is 0.950 bits per heavy atom. The van der Waals surface area contributed by atoms with E-state index in [9.17, 15) is 0 Å². The summed E-state index contributed by atoms with van der Waals surface area (Å²) in [6.45, 7) is 0.240. The van der Waals surface area contributed by atoms with E-state index in [0.29, 0.717) is 5.71 Å². The van der Waals surface area contributed by atoms with Gasteiger partial charge in [-0.05, 0) is 11.2 Å². The molecule has 0 fully saturated rings. The topological polar surface area (TPSA) is 30.8 Å². The lowest BCUT2D eigenvalue weighted by molar-refractivity contribution is -0.287. The van der Waals surface area contributed by atoms with Crippen molar-refractivity contribution in [2.75, 3.05) is 6.61 Å². The molecule has 0 N–H and O–H groups in total. The van der Waals surface area contributed by atoms with Crippen LogP contribution >= 0.6 is 11.6 Å². The van der Waals surface area contributed by atoms with E-state index in [1.54, 1.807) is 6.08 Å². The Balaban J connectivity index is 2.19. The number of hydrogen-bond donors (Lipinski definition) is 0. The van der Waals surface area contributed by atoms with Gasteiger partial charge in [0.1, 0.15) is 12.3 Å². The van der Waals surface area contributed by atoms with Gasteiger partial charge in [0, 0.05) is 16.7 Å². The molecule has 102 valence electrons. The highest BCUT2D eigenvalue weighted by atomic mass is 35.5. The maximum atomic E-state index is 5.38. The molecule has 0 aliphatic rings. The largest absolute Gasteiger partial charge is 0.220 e. The van der Waals surface area contributed by atoms with E-state index in [1.807, 2.05) is 60.7 Å². The van der Waals surface area contributed by atoms with Crippen molar-refractivity contribution >= 4 is 17.3 Å². The lowest BCUT2D eigenvalue weighted by Crippen LogP contribution is -2.04. The highest BCUT2D eigenvalue weighted by Crippen LogP contribution is 2.11. The van der Waals surface area contributed by atoms with Crippen LogP contribution in [0.1, 0.15) is 11.1 Å². The van der Waals surface area contributed by atoms with Crippen LogP contribution in [0.15, 0.2) is 77.4 Å². The maximum Gasteiger partial charge on any atom is 0.121 e. The zero-order chi connectivity index (χ0) is 14.0. The van der Waals surface area contributed by atoms with Gasteiger partial charge in [-0.2, -0.15) is 4.89 Å². The summed E-state index contributed by atoms with van der Waals surface area (Å²) in [5, 5.41) is 4.05. The molecular weight excluding hydrogens is 274 g/mol. The number of benzene rings is 2. The van der Waals surface area contributed by atoms with Gasteiger partial charge in [-0.25, -0.2) is 4.99 Å². The quantitative estimate of drug-likeness (QED) is 0.346. The first kappa shape index (κ1) is 14.3. The summed E-state index contributed by atoms with van der Waals surface area (Å²) in [5.41, 5.74) is 3.98. The summed E-state index contributed by atoms with van der Waals surface area (Å²) in [4.78, 5) is 9.77. The second-order valence-electron chi connectivity index (χ2n) is 3.89. The molecule has 0 amide bonds. The van der Waals surface area contributed by atoms with E-state index in [2.05, 4.69) is 5.16 Å². The predicted octanol–water partition coefficient (Wildman–Crippen LogP) is 4.14. The van der Waals surface area contributed by atoms with Gasteiger partial charge in [0.2, 0.25) is 0 Å². The molecule has 0 heterocycles. The minimum Gasteiger partial charge on any atom is -0.220 e. The summed E-state index contributed by atoms with van der Waals surface area (Å²) in [6, 6.07) is 19.6. The van der Waals surface area contributed by atoms with E-state index in [4.69, 9.17) is 21.5 Å². The molecule has 0 saturated heterocycles. The highest BCUT2D eigenvalue weighted by molar-refractivity contribution is 6.25. The van der Waals surface area contributed by atoms with Crippen LogP contribution in [0.25, 0.3) is 0 Å². The Morgan fingerprint density at radius 2 is 1.50 bits per heavy atom. The normalized spacial score (nSPS) is 10.4. The Bertz CT molecular complexity index is 526. The van der Waals surface area contributed by atoms with Gasteiger partial charge < -0.3 is 0 Å². The number of rotatable bonds is 6. The van der Waals surface area contributed by atoms with Crippen LogP contribution in [0.4, 0.5) is 0 Å². The molecule has 3 nitrogen and oxygen atoms in total. The molecule has 0 atom stereocenters. The third-order valence-electron chi connectivity index (χ3n) is 2.53. The van der Waals surface area contributed by atoms with Crippen LogP contribution in [-0.2, 0) is 9.88 Å². The smallest absolute Gasteiger partial charge is 0.121 e. The molecule has 0 spiro atoms. The first-order chi connectivity index (χ1) is 9.92. The maximum absolute atomic E-state index is 5.38. The van der Waals surface area contributed by atoms with Crippen LogP contribution in [0, 0.1) is 0 Å². The van der Waals surface area contributed by atoms with Crippen molar-refractivity contribution in [3.63, 3.8) is 0 Å². The third-order valence-corrected chi connectivity index (χ3v) is 2.71. The minimum atomic E-state index is 0.240. The molecule has 0 radical (unpaired) electrons. The molecule has 2 aromatic carbocycles. The zero-order valence-corrected chi connectivity index (χ0v) is 11.5. The Kier molecular flexibility index (Phi) is 5.83. The molecule has 0 aliphatic carbocycles. The minimum absolute atomic E-state index is 0.240. The molecular formula is C16H14ClNO2. The number of nitrogens with zero attached hydrogens (tertiary/aromatic N) is 1. The van der Waals surface area contributed by atoms with E-state index < -0.39 is 0 Å². The van der Waals surface area contributed by atoms with Crippen molar-refractivity contribution in [3.05, 3.63) is 83.4 Å². The van der Waals surface area contributed by atoms with Crippen molar-refractivity contribution < 1.29 is 9.88 Å². The van der Waals surface area contributed by atoms with Crippen molar-refractivity contribution in [3.8, 4) is 0 Å². The van der Waals surface area contributed by atoms with Gasteiger partial charge >= 0.3 is 0 Å². The molecule has 0 saturated carbocycles. The first-order valence-corrected chi connectivity index (χ1v) is 6.58. The van der Waals surface area contributed by atoms with Crippen molar-refractivity contribution in [2.45, 2.75) is 0 Å². The number of halogens is 1. The lowest BCUT2D eigenvalue weighted by atomic mass is 10.0. The molecule has 2 rings (SSSR count). The lowest BCUT2D eigenvalue weighted by Gasteiger charge is -2.06. The number of hydrogen-bond acceptors (Lipinski definition) is 3. The van der Waals surface area contributed by atoms with Gasteiger partial charge in [0.05, 0.1) is 0 Å². The number of oxime groups is 1. The molecule has 0 bridgehead atoms. The van der Waals surface area contributed by atoms with E-state index >= 15 is 0 Å². The van der Waals surface area contributed by atoms with Crippen molar-refractivity contribution in [2.24, 2.45) is 5.16 Å². The standard InChI is InChI=1S/C16H14ClNO2/c17-12-7-13-19-20-18-16(14-8-3-1-4-9-14)15-10-5-2-6-11-15/h1-12H,13H2/b12-7+. The Morgan fingerprint density at radius 3 is 2.00 bits per heavy atom. The molecule has 20 heavy (non-hydrogen) atoms. The monoisotopic (exact) mass is 287 g/mol. The fraction of sp³-hybridized carbons (Fsp3) is 0.0625. The Hall–Kier alpha value is -2.10. The SMILES string of the molecule is Cl/C=C/COON=C(c1ccccc1)c1ccccc1. The van der Waals surface area contributed by atoms with Crippen LogP contribution < -0.4 is 0 Å². The fourth-order valence-corrected chi connectivity index (χ4v) is 1.71. The third kappa shape index (κ3) is 4.23. The van der Waals surface area contributed by atoms with Crippen molar-refractivity contribution in [1.82, 2.24) is 0 Å². The highest BCUT2D eigenvalue weighted by Gasteiger charge is 2.07. The van der Waals surface area contributed by atoms with E-state index in [-0.39, 0.29) is 6.61 Å². The predicted molar refractivity (Wildman–Crippen MR) is 80.6 cm³/mol. The van der Waals surface area contributed by atoms with Gasteiger partial charge in [-0.1, -0.05) is 72.3 Å². The average molecular weight is 288 g/mol. The van der Waals surface area contributed by atoms with Gasteiger partial charge in [0.15, 0.2) is 0 Å². The summed E-state index contributed by atoms with van der Waals surface area (Å²) < 4.78 is 0. The van der Waals surface area contributed by atoms with Crippen LogP contribution in [-0.4, -0.2) is 12.3 Å². The molecule has 0 aromatic heterocycles. The molecule has 4 heteroatoms. The van der Waals surface area contributed by atoms with Crippen LogP contribution in [0.3, 0.4) is 0 Å². The fourth-order valence-electron chi connectivity index (χ4n) is 1.63. The summed E-state index contributed by atoms with van der Waals surface area (Å²) >= 11 is 5.38. The first-order valence-electron chi connectivity index (χ1n) is 6.14. The van der Waals surface area contributed by atoms with Gasteiger partial charge in [-0.3, -0.25) is 0 Å². The summed E-state index contributed by atoms with van der Waals surface area (Å²) in [5.74, 6) is 0. The van der Waals surface area contributed by atoms with Gasteiger partial charge in [-0.15, -0.1) is 0 Å². The van der Waals surface area contributed by atoms with Crippen molar-refractivity contribution in [1.29, 1.82) is 0 Å². The van der Waals surface area contributed by atoms with E-state index in [1.165, 1.54) is 5.54 Å². The zero-order valence-electron chi connectivity index (χ0n) is 10.8. The Labute approximate surface area is 123 Å². The average Bonchev–Trinajstić information content (AvgIpc) is 2.53. The van der Waals surface area contributed by atoms with Crippen LogP contribution in [0.5, 0.6) is 0 Å². The molecule has 2 aromatic rings. The second kappa shape index (κ2) is 8.15. The summed E-state index contributed by atoms with van der Waals surface area (Å²) in [7, 11) is 0. The van der Waals surface area contributed by atoms with Gasteiger partial charge in [0.25, 0.3) is 0 Å². The van der Waals surface area contributed by atoms with E-state index in [0.717, 1.165) is 11.1 Å². The molecule has 0 unspecified atom stereocenters. The van der Waals surface area contributed by atoms with Crippen LogP contribution in [0.2, 0.25) is 0 Å². The summed E-state index contributed by atoms with van der Waals surface area (Å²) in [6.07, 6.45) is 1.61. The second-order valence-corrected chi connectivity index (χ2v) is 4.14. The molecule has 0 aliphatic heterocycles.